The van der Waals surface area contributed by atoms with E-state index in [1.807, 2.05) is 0 Å². The molecule has 0 unspecified atom stereocenters. The zero-order valence-electron chi connectivity index (χ0n) is 8.27. The Morgan fingerprint density at radius 1 is 1.25 bits per heavy atom. The maximum atomic E-state index is 3.37. The smallest absolute Gasteiger partial charge is 0.0429 e. The van der Waals surface area contributed by atoms with E-state index in [0.717, 1.165) is 5.92 Å². The molecule has 12 heavy (non-hydrogen) atoms. The fourth-order valence-electron chi connectivity index (χ4n) is 2.26. The van der Waals surface area contributed by atoms with Gasteiger partial charge in [-0.2, -0.15) is 0 Å². The molecule has 2 heterocycles. The van der Waals surface area contributed by atoms with E-state index < -0.39 is 0 Å². The van der Waals surface area contributed by atoms with Gasteiger partial charge in [0.15, 0.2) is 0 Å². The first-order valence-corrected chi connectivity index (χ1v) is 5.16. The van der Waals surface area contributed by atoms with E-state index in [0.29, 0.717) is 5.54 Å². The molecule has 2 rings (SSSR count). The highest BCUT2D eigenvalue weighted by Crippen LogP contribution is 2.26. The van der Waals surface area contributed by atoms with Crippen molar-refractivity contribution in [3.8, 4) is 0 Å². The maximum absolute atomic E-state index is 3.37. The summed E-state index contributed by atoms with van der Waals surface area (Å²) in [6.07, 6.45) is 2.80. The second-order valence-electron chi connectivity index (χ2n) is 4.77. The number of hydrogen-bond acceptors (Lipinski definition) is 2. The SMILES string of the molecule is CC1CCN(C2(C)CNC2)CC1. The van der Waals surface area contributed by atoms with Crippen molar-refractivity contribution in [2.24, 2.45) is 5.92 Å². The molecule has 2 heteroatoms. The lowest BCUT2D eigenvalue weighted by molar-refractivity contribution is 0.0261. The quantitative estimate of drug-likeness (QED) is 0.630. The fraction of sp³-hybridized carbons (Fsp3) is 1.00. The van der Waals surface area contributed by atoms with Crippen molar-refractivity contribution in [1.82, 2.24) is 10.2 Å². The highest BCUT2D eigenvalue weighted by atomic mass is 15.3. The van der Waals surface area contributed by atoms with Crippen molar-refractivity contribution in [3.05, 3.63) is 0 Å². The van der Waals surface area contributed by atoms with E-state index in [9.17, 15) is 0 Å². The molecule has 0 aromatic carbocycles. The molecule has 70 valence electrons. The van der Waals surface area contributed by atoms with Crippen LogP contribution >= 0.6 is 0 Å². The lowest BCUT2D eigenvalue weighted by Crippen LogP contribution is -2.68. The minimum atomic E-state index is 0.500. The summed E-state index contributed by atoms with van der Waals surface area (Å²) < 4.78 is 0. The number of likely N-dealkylation sites (tertiary alicyclic amines) is 1. The van der Waals surface area contributed by atoms with Gasteiger partial charge in [-0.1, -0.05) is 6.92 Å². The lowest BCUT2D eigenvalue weighted by Gasteiger charge is -2.50. The van der Waals surface area contributed by atoms with Crippen LogP contribution in [0.15, 0.2) is 0 Å². The van der Waals surface area contributed by atoms with E-state index in [1.54, 1.807) is 0 Å². The van der Waals surface area contributed by atoms with Crippen LogP contribution in [0, 0.1) is 5.92 Å². The zero-order valence-corrected chi connectivity index (χ0v) is 8.27. The molecule has 0 aliphatic carbocycles. The van der Waals surface area contributed by atoms with Gasteiger partial charge in [0.1, 0.15) is 0 Å². The summed E-state index contributed by atoms with van der Waals surface area (Å²) >= 11 is 0. The minimum absolute atomic E-state index is 0.500. The lowest BCUT2D eigenvalue weighted by atomic mass is 9.88. The summed E-state index contributed by atoms with van der Waals surface area (Å²) in [5, 5.41) is 3.37. The average molecular weight is 168 g/mol. The van der Waals surface area contributed by atoms with Gasteiger partial charge in [0.05, 0.1) is 0 Å². The summed E-state index contributed by atoms with van der Waals surface area (Å²) in [5.41, 5.74) is 0.500. The largest absolute Gasteiger partial charge is 0.313 e. The first-order valence-electron chi connectivity index (χ1n) is 5.16. The van der Waals surface area contributed by atoms with E-state index in [4.69, 9.17) is 0 Å². The molecule has 0 spiro atoms. The van der Waals surface area contributed by atoms with Crippen LogP contribution in [0.2, 0.25) is 0 Å². The van der Waals surface area contributed by atoms with Gasteiger partial charge in [0, 0.05) is 18.6 Å². The molecule has 2 nitrogen and oxygen atoms in total. The van der Waals surface area contributed by atoms with Gasteiger partial charge in [-0.3, -0.25) is 4.90 Å². The Bertz CT molecular complexity index is 155. The van der Waals surface area contributed by atoms with Crippen LogP contribution in [0.3, 0.4) is 0 Å². The van der Waals surface area contributed by atoms with Crippen LogP contribution in [-0.4, -0.2) is 36.6 Å². The van der Waals surface area contributed by atoms with Crippen molar-refractivity contribution in [3.63, 3.8) is 0 Å². The molecule has 2 aliphatic heterocycles. The molecule has 0 radical (unpaired) electrons. The normalized spacial score (nSPS) is 31.5. The molecule has 0 amide bonds. The monoisotopic (exact) mass is 168 g/mol. The van der Waals surface area contributed by atoms with Gasteiger partial charge < -0.3 is 5.32 Å². The molecule has 0 atom stereocenters. The Morgan fingerprint density at radius 3 is 2.25 bits per heavy atom. The second kappa shape index (κ2) is 3.00. The number of rotatable bonds is 1. The van der Waals surface area contributed by atoms with Gasteiger partial charge in [-0.15, -0.1) is 0 Å². The van der Waals surface area contributed by atoms with Crippen molar-refractivity contribution in [1.29, 1.82) is 0 Å². The molecule has 1 N–H and O–H groups in total. The maximum Gasteiger partial charge on any atom is 0.0429 e. The van der Waals surface area contributed by atoms with Crippen molar-refractivity contribution >= 4 is 0 Å². The Kier molecular flexibility index (Phi) is 2.13. The fourth-order valence-corrected chi connectivity index (χ4v) is 2.26. The predicted octanol–water partition coefficient (Wildman–Crippen LogP) is 1.08. The van der Waals surface area contributed by atoms with Gasteiger partial charge in [0.25, 0.3) is 0 Å². The number of hydrogen-bond donors (Lipinski definition) is 1. The predicted molar refractivity (Wildman–Crippen MR) is 51.2 cm³/mol. The Hall–Kier alpha value is -0.0800. The minimum Gasteiger partial charge on any atom is -0.313 e. The third-order valence-electron chi connectivity index (χ3n) is 3.56. The summed E-state index contributed by atoms with van der Waals surface area (Å²) in [4.78, 5) is 2.67. The Labute approximate surface area is 75.3 Å². The summed E-state index contributed by atoms with van der Waals surface area (Å²) in [6, 6.07) is 0. The van der Waals surface area contributed by atoms with E-state index >= 15 is 0 Å². The average Bonchev–Trinajstić information content (AvgIpc) is 2.02. The van der Waals surface area contributed by atoms with Gasteiger partial charge in [0.2, 0.25) is 0 Å². The standard InChI is InChI=1S/C10H20N2/c1-9-3-5-12(6-4-9)10(2)7-11-8-10/h9,11H,3-8H2,1-2H3. The van der Waals surface area contributed by atoms with E-state index in [-0.39, 0.29) is 0 Å². The molecule has 0 saturated carbocycles. The second-order valence-corrected chi connectivity index (χ2v) is 4.77. The number of piperidine rings is 1. The van der Waals surface area contributed by atoms with Crippen LogP contribution in [0.5, 0.6) is 0 Å². The van der Waals surface area contributed by atoms with Crippen LogP contribution in [0.1, 0.15) is 26.7 Å². The van der Waals surface area contributed by atoms with Gasteiger partial charge in [-0.25, -0.2) is 0 Å². The molecule has 2 saturated heterocycles. The highest BCUT2D eigenvalue weighted by Gasteiger charge is 2.38. The van der Waals surface area contributed by atoms with Gasteiger partial charge in [-0.05, 0) is 38.8 Å². The summed E-state index contributed by atoms with van der Waals surface area (Å²) in [6.45, 7) is 9.79. The third-order valence-corrected chi connectivity index (χ3v) is 3.56. The van der Waals surface area contributed by atoms with Crippen LogP contribution in [0.25, 0.3) is 0 Å². The van der Waals surface area contributed by atoms with Crippen LogP contribution < -0.4 is 5.32 Å². The van der Waals surface area contributed by atoms with Crippen molar-refractivity contribution < 1.29 is 0 Å². The molecule has 0 aromatic heterocycles. The molecule has 0 bridgehead atoms. The first kappa shape index (κ1) is 8.52. The first-order chi connectivity index (χ1) is 5.71. The van der Waals surface area contributed by atoms with Crippen molar-refractivity contribution in [2.75, 3.05) is 26.2 Å². The topological polar surface area (TPSA) is 15.3 Å². The number of nitrogens with zero attached hydrogens (tertiary/aromatic N) is 1. The number of nitrogens with one attached hydrogen (secondary N) is 1. The molecular formula is C10H20N2. The molecule has 0 aromatic rings. The highest BCUT2D eigenvalue weighted by molar-refractivity contribution is 4.99. The molecule has 2 aliphatic rings. The molecule has 2 fully saturated rings. The molecular weight excluding hydrogens is 148 g/mol. The van der Waals surface area contributed by atoms with Gasteiger partial charge >= 0.3 is 0 Å². The van der Waals surface area contributed by atoms with Crippen LogP contribution in [-0.2, 0) is 0 Å². The summed E-state index contributed by atoms with van der Waals surface area (Å²) in [7, 11) is 0. The van der Waals surface area contributed by atoms with E-state index in [2.05, 4.69) is 24.1 Å². The Morgan fingerprint density at radius 2 is 1.83 bits per heavy atom. The zero-order chi connectivity index (χ0) is 8.60. The van der Waals surface area contributed by atoms with E-state index in [1.165, 1.54) is 39.0 Å². The van der Waals surface area contributed by atoms with Crippen molar-refractivity contribution in [2.45, 2.75) is 32.2 Å². The van der Waals surface area contributed by atoms with Crippen LogP contribution in [0.4, 0.5) is 0 Å². The summed E-state index contributed by atoms with van der Waals surface area (Å²) in [5.74, 6) is 0.956. The Balaban J connectivity index is 1.88. The third kappa shape index (κ3) is 1.38.